The molecule has 2 aromatic carbocycles. The fourth-order valence-electron chi connectivity index (χ4n) is 1.69. The summed E-state index contributed by atoms with van der Waals surface area (Å²) in [5.74, 6) is 0.495. The number of aryl methyl sites for hydroxylation is 1. The van der Waals surface area contributed by atoms with Gasteiger partial charge >= 0.3 is 0 Å². The number of rotatable bonds is 3. The van der Waals surface area contributed by atoms with Crippen LogP contribution in [-0.4, -0.2) is 0 Å². The van der Waals surface area contributed by atoms with Gasteiger partial charge in [0.2, 0.25) is 0 Å². The normalized spacial score (nSPS) is 10.4. The van der Waals surface area contributed by atoms with Crippen LogP contribution >= 0.6 is 11.6 Å². The van der Waals surface area contributed by atoms with Gasteiger partial charge in [-0.05, 0) is 49.2 Å². The molecule has 0 radical (unpaired) electrons. The van der Waals surface area contributed by atoms with E-state index >= 15 is 0 Å². The minimum Gasteiger partial charge on any atom is -0.489 e. The Balaban J connectivity index is 2.16. The first-order valence-corrected chi connectivity index (χ1v) is 6.08. The van der Waals surface area contributed by atoms with E-state index in [-0.39, 0.29) is 12.4 Å². The van der Waals surface area contributed by atoms with Gasteiger partial charge in [-0.25, -0.2) is 4.39 Å². The molecule has 0 amide bonds. The largest absolute Gasteiger partial charge is 0.489 e. The maximum atomic E-state index is 13.1. The molecule has 94 valence electrons. The highest BCUT2D eigenvalue weighted by atomic mass is 35.5. The molecule has 0 fully saturated rings. The average Bonchev–Trinajstić information content (AvgIpc) is 2.35. The number of hydrogen-bond acceptors (Lipinski definition) is 1. The lowest BCUT2D eigenvalue weighted by atomic mass is 10.1. The molecule has 0 heterocycles. The summed E-state index contributed by atoms with van der Waals surface area (Å²) in [7, 11) is 0. The van der Waals surface area contributed by atoms with Crippen LogP contribution in [0.3, 0.4) is 0 Å². The third-order valence-electron chi connectivity index (χ3n) is 2.95. The Bertz CT molecular complexity index is 564. The van der Waals surface area contributed by atoms with Gasteiger partial charge in [0.25, 0.3) is 0 Å². The quantitative estimate of drug-likeness (QED) is 0.782. The van der Waals surface area contributed by atoms with Crippen LogP contribution in [0, 0.1) is 19.7 Å². The van der Waals surface area contributed by atoms with Crippen molar-refractivity contribution < 1.29 is 9.13 Å². The summed E-state index contributed by atoms with van der Waals surface area (Å²) < 4.78 is 18.8. The van der Waals surface area contributed by atoms with E-state index in [9.17, 15) is 4.39 Å². The predicted octanol–water partition coefficient (Wildman–Crippen LogP) is 4.67. The molecule has 0 N–H and O–H groups in total. The third-order valence-corrected chi connectivity index (χ3v) is 3.31. The van der Waals surface area contributed by atoms with E-state index < -0.39 is 0 Å². The van der Waals surface area contributed by atoms with Gasteiger partial charge in [-0.2, -0.15) is 0 Å². The highest BCUT2D eigenvalue weighted by Crippen LogP contribution is 2.24. The summed E-state index contributed by atoms with van der Waals surface area (Å²) in [4.78, 5) is 0. The summed E-state index contributed by atoms with van der Waals surface area (Å²) in [5, 5.41) is 0.515. The Kier molecular flexibility index (Phi) is 3.87. The molecule has 0 saturated heterocycles. The van der Waals surface area contributed by atoms with Crippen molar-refractivity contribution >= 4 is 11.6 Å². The van der Waals surface area contributed by atoms with Gasteiger partial charge in [0.1, 0.15) is 18.2 Å². The van der Waals surface area contributed by atoms with Crippen molar-refractivity contribution in [2.75, 3.05) is 0 Å². The molecule has 2 aromatic rings. The zero-order chi connectivity index (χ0) is 13.1. The third kappa shape index (κ3) is 2.82. The molecule has 3 heteroatoms. The Morgan fingerprint density at radius 1 is 1.17 bits per heavy atom. The monoisotopic (exact) mass is 264 g/mol. The topological polar surface area (TPSA) is 9.23 Å². The second-order valence-corrected chi connectivity index (χ2v) is 4.63. The highest BCUT2D eigenvalue weighted by molar-refractivity contribution is 6.31. The molecular weight excluding hydrogens is 251 g/mol. The van der Waals surface area contributed by atoms with E-state index in [0.717, 1.165) is 16.9 Å². The van der Waals surface area contributed by atoms with Crippen molar-refractivity contribution in [2.24, 2.45) is 0 Å². The number of hydrogen-bond donors (Lipinski definition) is 0. The maximum Gasteiger partial charge on any atom is 0.123 e. The molecule has 0 aromatic heterocycles. The first kappa shape index (κ1) is 12.9. The van der Waals surface area contributed by atoms with E-state index in [1.165, 1.54) is 12.1 Å². The molecule has 18 heavy (non-hydrogen) atoms. The van der Waals surface area contributed by atoms with Gasteiger partial charge < -0.3 is 4.74 Å². The van der Waals surface area contributed by atoms with Crippen molar-refractivity contribution in [3.05, 3.63) is 63.9 Å². The van der Waals surface area contributed by atoms with Gasteiger partial charge in [-0.3, -0.25) is 0 Å². The minimum atomic E-state index is -0.307. The zero-order valence-electron chi connectivity index (χ0n) is 10.3. The summed E-state index contributed by atoms with van der Waals surface area (Å²) >= 11 is 5.99. The second kappa shape index (κ2) is 5.40. The molecule has 1 nitrogen and oxygen atoms in total. The van der Waals surface area contributed by atoms with E-state index in [1.807, 2.05) is 32.0 Å². The lowest BCUT2D eigenvalue weighted by molar-refractivity contribution is 0.303. The fraction of sp³-hybridized carbons (Fsp3) is 0.200. The van der Waals surface area contributed by atoms with Crippen LogP contribution in [0.25, 0.3) is 0 Å². The van der Waals surface area contributed by atoms with Gasteiger partial charge in [0, 0.05) is 10.6 Å². The Morgan fingerprint density at radius 3 is 2.72 bits per heavy atom. The van der Waals surface area contributed by atoms with Crippen molar-refractivity contribution in [3.63, 3.8) is 0 Å². The lowest BCUT2D eigenvalue weighted by Crippen LogP contribution is -1.99. The van der Waals surface area contributed by atoms with Crippen molar-refractivity contribution in [2.45, 2.75) is 20.5 Å². The Labute approximate surface area is 111 Å². The molecule has 0 saturated carbocycles. The van der Waals surface area contributed by atoms with Crippen LogP contribution < -0.4 is 4.74 Å². The van der Waals surface area contributed by atoms with E-state index in [4.69, 9.17) is 16.3 Å². The standard InChI is InChI=1S/C15H14ClFO/c1-10-4-3-5-15(11(10)2)18-9-12-8-13(17)6-7-14(12)16/h3-8H,9H2,1-2H3. The molecule has 0 aliphatic rings. The molecule has 0 spiro atoms. The van der Waals surface area contributed by atoms with E-state index in [1.54, 1.807) is 6.07 Å². The van der Waals surface area contributed by atoms with Gasteiger partial charge in [-0.15, -0.1) is 0 Å². The smallest absolute Gasteiger partial charge is 0.123 e. The molecule has 0 bridgehead atoms. The lowest BCUT2D eigenvalue weighted by Gasteiger charge is -2.11. The van der Waals surface area contributed by atoms with Crippen LogP contribution in [0.15, 0.2) is 36.4 Å². The zero-order valence-corrected chi connectivity index (χ0v) is 11.1. The molecule has 0 atom stereocenters. The number of halogens is 2. The SMILES string of the molecule is Cc1cccc(OCc2cc(F)ccc2Cl)c1C. The summed E-state index contributed by atoms with van der Waals surface area (Å²) in [6.07, 6.45) is 0. The van der Waals surface area contributed by atoms with Crippen LogP contribution in [0.4, 0.5) is 4.39 Å². The molecular formula is C15H14ClFO. The Morgan fingerprint density at radius 2 is 1.94 bits per heavy atom. The van der Waals surface area contributed by atoms with Gasteiger partial charge in [-0.1, -0.05) is 23.7 Å². The number of benzene rings is 2. The first-order valence-electron chi connectivity index (χ1n) is 5.71. The van der Waals surface area contributed by atoms with Crippen LogP contribution in [0.1, 0.15) is 16.7 Å². The van der Waals surface area contributed by atoms with Crippen molar-refractivity contribution in [1.82, 2.24) is 0 Å². The van der Waals surface area contributed by atoms with Crippen molar-refractivity contribution in [1.29, 1.82) is 0 Å². The summed E-state index contributed by atoms with van der Waals surface area (Å²) in [5.41, 5.74) is 2.90. The molecule has 0 aliphatic heterocycles. The molecule has 0 unspecified atom stereocenters. The maximum absolute atomic E-state index is 13.1. The summed E-state index contributed by atoms with van der Waals surface area (Å²) in [6, 6.07) is 10.1. The fourth-order valence-corrected chi connectivity index (χ4v) is 1.86. The minimum absolute atomic E-state index is 0.265. The second-order valence-electron chi connectivity index (χ2n) is 4.22. The predicted molar refractivity (Wildman–Crippen MR) is 71.7 cm³/mol. The highest BCUT2D eigenvalue weighted by Gasteiger charge is 2.05. The summed E-state index contributed by atoms with van der Waals surface area (Å²) in [6.45, 7) is 4.29. The van der Waals surface area contributed by atoms with E-state index in [0.29, 0.717) is 10.6 Å². The van der Waals surface area contributed by atoms with E-state index in [2.05, 4.69) is 0 Å². The first-order chi connectivity index (χ1) is 8.58. The molecule has 2 rings (SSSR count). The van der Waals surface area contributed by atoms with Crippen LogP contribution in [-0.2, 0) is 6.61 Å². The Hall–Kier alpha value is -1.54. The average molecular weight is 265 g/mol. The van der Waals surface area contributed by atoms with Crippen LogP contribution in [0.5, 0.6) is 5.75 Å². The van der Waals surface area contributed by atoms with Gasteiger partial charge in [0.15, 0.2) is 0 Å². The molecule has 0 aliphatic carbocycles. The van der Waals surface area contributed by atoms with Crippen LogP contribution in [0.2, 0.25) is 5.02 Å². The van der Waals surface area contributed by atoms with Gasteiger partial charge in [0.05, 0.1) is 0 Å². The number of ether oxygens (including phenoxy) is 1. The van der Waals surface area contributed by atoms with Crippen molar-refractivity contribution in [3.8, 4) is 5.75 Å².